The molecule has 0 fully saturated rings. The molecule has 1 aliphatic heterocycles. The minimum absolute atomic E-state index is 0. The number of nitrogens with zero attached hydrogens (tertiary/aromatic N) is 4. The molecule has 13 rings (SSSR count). The van der Waals surface area contributed by atoms with Crippen LogP contribution in [0.15, 0.2) is 219 Å². The van der Waals surface area contributed by atoms with Gasteiger partial charge in [-0.1, -0.05) is 166 Å². The van der Waals surface area contributed by atoms with Crippen LogP contribution in [0.25, 0.3) is 61.0 Å². The van der Waals surface area contributed by atoms with Gasteiger partial charge in [-0.2, -0.15) is 12.1 Å². The van der Waals surface area contributed by atoms with Crippen LogP contribution in [0.1, 0.15) is 49.9 Å². The molecule has 0 radical (unpaired) electrons. The molecule has 6 heteroatoms. The van der Waals surface area contributed by atoms with Crippen molar-refractivity contribution in [1.29, 1.82) is 0 Å². The summed E-state index contributed by atoms with van der Waals surface area (Å²) in [5.74, 6) is 2.00. The first-order chi connectivity index (χ1) is 34.7. The van der Waals surface area contributed by atoms with Crippen LogP contribution in [-0.4, -0.2) is 9.55 Å². The van der Waals surface area contributed by atoms with Crippen LogP contribution < -0.4 is 14.5 Å². The van der Waals surface area contributed by atoms with Gasteiger partial charge in [0.05, 0.1) is 0 Å². The summed E-state index contributed by atoms with van der Waals surface area (Å²) in [7, 11) is 0. The molecule has 0 unspecified atom stereocenters. The SMILES string of the molecule is CC(C)(C)c1cc(-c2ccccc2)c(N2[CH-]N(c3[c-]c(Oc4[c-]c5c(cc4)c4ccccc4n5-c4cc(C5(C)c6ccccc6-c6ccccc65)ccn4)ccc3)c3ccccc32)c(-c2ccccc2)c1.[Pt]. The zero-order valence-electron chi connectivity index (χ0n) is 40.4. The van der Waals surface area contributed by atoms with E-state index in [2.05, 4.69) is 255 Å². The predicted octanol–water partition coefficient (Wildman–Crippen LogP) is 16.9. The molecule has 9 aromatic carbocycles. The maximum atomic E-state index is 6.77. The second kappa shape index (κ2) is 17.7. The normalized spacial score (nSPS) is 13.4. The Labute approximate surface area is 435 Å². The second-order valence-corrected chi connectivity index (χ2v) is 19.8. The van der Waals surface area contributed by atoms with Crippen LogP contribution in [0.4, 0.5) is 22.7 Å². The van der Waals surface area contributed by atoms with Crippen LogP contribution in [0.2, 0.25) is 0 Å². The Morgan fingerprint density at radius 2 is 1.11 bits per heavy atom. The van der Waals surface area contributed by atoms with Crippen molar-refractivity contribution in [2.45, 2.75) is 38.5 Å². The summed E-state index contributed by atoms with van der Waals surface area (Å²) in [5.41, 5.74) is 17.9. The number of anilines is 4. The fourth-order valence-corrected chi connectivity index (χ4v) is 11.0. The first-order valence-corrected chi connectivity index (χ1v) is 24.4. The zero-order valence-corrected chi connectivity index (χ0v) is 42.6. The molecule has 352 valence electrons. The van der Waals surface area contributed by atoms with Crippen molar-refractivity contribution < 1.29 is 25.8 Å². The number of hydrogen-bond acceptors (Lipinski definition) is 4. The number of hydrogen-bond donors (Lipinski definition) is 0. The summed E-state index contributed by atoms with van der Waals surface area (Å²) >= 11 is 0. The van der Waals surface area contributed by atoms with Crippen molar-refractivity contribution in [3.63, 3.8) is 0 Å². The fraction of sp³-hybridized carbons (Fsp3) is 0.0909. The third-order valence-electron chi connectivity index (χ3n) is 14.6. The molecule has 72 heavy (non-hydrogen) atoms. The third kappa shape index (κ3) is 7.37. The van der Waals surface area contributed by atoms with Gasteiger partial charge in [0, 0.05) is 77.9 Å². The molecule has 0 N–H and O–H groups in total. The smallest absolute Gasteiger partial charge is 0.135 e. The second-order valence-electron chi connectivity index (χ2n) is 19.8. The molecule has 0 bridgehead atoms. The minimum Gasteiger partial charge on any atom is -0.509 e. The molecular formula is C66H49N4OPt-3. The number of fused-ring (bicyclic) bond motifs is 7. The van der Waals surface area contributed by atoms with E-state index in [1.807, 2.05) is 24.4 Å². The quantitative estimate of drug-likeness (QED) is 0.142. The molecule has 1 aliphatic carbocycles. The molecule has 0 saturated carbocycles. The number of para-hydroxylation sites is 3. The van der Waals surface area contributed by atoms with E-state index in [0.29, 0.717) is 11.5 Å². The van der Waals surface area contributed by atoms with E-state index in [1.165, 1.54) is 44.5 Å². The van der Waals surface area contributed by atoms with E-state index in [0.717, 1.165) is 61.5 Å². The van der Waals surface area contributed by atoms with Gasteiger partial charge in [-0.3, -0.25) is 0 Å². The van der Waals surface area contributed by atoms with Gasteiger partial charge < -0.3 is 19.1 Å². The summed E-state index contributed by atoms with van der Waals surface area (Å²) in [6, 6.07) is 83.0. The van der Waals surface area contributed by atoms with Crippen LogP contribution in [-0.2, 0) is 31.9 Å². The molecule has 5 nitrogen and oxygen atoms in total. The van der Waals surface area contributed by atoms with E-state index < -0.39 is 0 Å². The van der Waals surface area contributed by atoms with Crippen molar-refractivity contribution in [2.75, 3.05) is 9.80 Å². The first-order valence-electron chi connectivity index (χ1n) is 24.4. The van der Waals surface area contributed by atoms with Crippen molar-refractivity contribution in [2.24, 2.45) is 0 Å². The van der Waals surface area contributed by atoms with Gasteiger partial charge in [0.25, 0.3) is 0 Å². The fourth-order valence-electron chi connectivity index (χ4n) is 11.0. The van der Waals surface area contributed by atoms with E-state index >= 15 is 0 Å². The molecule has 2 aromatic heterocycles. The van der Waals surface area contributed by atoms with Gasteiger partial charge in [-0.15, -0.1) is 48.1 Å². The van der Waals surface area contributed by atoms with Crippen LogP contribution in [0.5, 0.6) is 11.5 Å². The molecule has 2 aliphatic rings. The van der Waals surface area contributed by atoms with Gasteiger partial charge >= 0.3 is 0 Å². The van der Waals surface area contributed by atoms with Crippen molar-refractivity contribution in [3.8, 4) is 50.7 Å². The van der Waals surface area contributed by atoms with Gasteiger partial charge in [0.15, 0.2) is 0 Å². The summed E-state index contributed by atoms with van der Waals surface area (Å²) in [6.45, 7) is 11.4. The van der Waals surface area contributed by atoms with Gasteiger partial charge in [0.2, 0.25) is 0 Å². The van der Waals surface area contributed by atoms with Crippen molar-refractivity contribution >= 4 is 44.6 Å². The minimum atomic E-state index is -0.363. The Morgan fingerprint density at radius 1 is 0.528 bits per heavy atom. The number of benzene rings is 9. The molecule has 11 aromatic rings. The third-order valence-corrected chi connectivity index (χ3v) is 14.6. The number of pyridine rings is 1. The average molecular weight is 1110 g/mol. The van der Waals surface area contributed by atoms with E-state index in [1.54, 1.807) is 0 Å². The van der Waals surface area contributed by atoms with Crippen molar-refractivity contribution in [3.05, 3.63) is 260 Å². The van der Waals surface area contributed by atoms with Gasteiger partial charge in [-0.25, -0.2) is 4.98 Å². The average Bonchev–Trinajstić information content (AvgIpc) is 4.05. The Kier molecular flexibility index (Phi) is 11.1. The van der Waals surface area contributed by atoms with Crippen molar-refractivity contribution in [1.82, 2.24) is 9.55 Å². The Balaban J connectivity index is 0.00000530. The van der Waals surface area contributed by atoms with Crippen LogP contribution in [0.3, 0.4) is 0 Å². The topological polar surface area (TPSA) is 33.5 Å². The molecule has 3 heterocycles. The monoisotopic (exact) mass is 1110 g/mol. The van der Waals surface area contributed by atoms with E-state index in [-0.39, 0.29) is 31.9 Å². The summed E-state index contributed by atoms with van der Waals surface area (Å²) in [5, 5.41) is 2.20. The summed E-state index contributed by atoms with van der Waals surface area (Å²) in [4.78, 5) is 9.62. The summed E-state index contributed by atoms with van der Waals surface area (Å²) in [6.07, 6.45) is 1.95. The van der Waals surface area contributed by atoms with Crippen LogP contribution >= 0.6 is 0 Å². The number of ether oxygens (including phenoxy) is 1. The summed E-state index contributed by atoms with van der Waals surface area (Å²) < 4.78 is 9.00. The van der Waals surface area contributed by atoms with Crippen LogP contribution in [0, 0.1) is 18.8 Å². The van der Waals surface area contributed by atoms with E-state index in [9.17, 15) is 0 Å². The maximum Gasteiger partial charge on any atom is 0.135 e. The number of rotatable bonds is 8. The maximum absolute atomic E-state index is 6.77. The first kappa shape index (κ1) is 45.2. The Morgan fingerprint density at radius 3 is 1.78 bits per heavy atom. The molecule has 0 atom stereocenters. The molecule has 0 saturated heterocycles. The predicted molar refractivity (Wildman–Crippen MR) is 291 cm³/mol. The Bertz CT molecular complexity index is 3750. The molecule has 0 spiro atoms. The van der Waals surface area contributed by atoms with Gasteiger partial charge in [-0.05, 0) is 105 Å². The molecular weight excluding hydrogens is 1060 g/mol. The molecule has 0 amide bonds. The van der Waals surface area contributed by atoms with E-state index in [4.69, 9.17) is 9.72 Å². The standard InChI is InChI=1S/C66H49N4O.Pt/c1-65(2,3)47-38-55(44-20-7-5-8-21-44)64(56(39-47)45-22-9-6-10-23-45)69-43-68(60-32-17-18-33-61(60)69)48-24-19-25-49(41-48)71-50-34-35-54-53-28-13-16-31-59(53)70(62(54)42-50)63-40-46(36-37-67-63)66(4)57-29-14-11-26-51(57)52-27-12-15-30-58(52)66;/h5-40,43H,1-4H3;/q-3;. The number of aromatic nitrogens is 2. The van der Waals surface area contributed by atoms with Gasteiger partial charge in [0.1, 0.15) is 5.82 Å². The zero-order chi connectivity index (χ0) is 47.8. The Hall–Kier alpha value is -7.98. The largest absolute Gasteiger partial charge is 0.509 e.